The summed E-state index contributed by atoms with van der Waals surface area (Å²) in [5.74, 6) is 0.820. The molecule has 7 heteroatoms. The molecule has 160 valence electrons. The molecule has 5 nitrogen and oxygen atoms in total. The fourth-order valence-electron chi connectivity index (χ4n) is 3.73. The summed E-state index contributed by atoms with van der Waals surface area (Å²) in [6.45, 7) is 5.27. The first-order valence-corrected chi connectivity index (χ1v) is 11.3. The van der Waals surface area contributed by atoms with Gasteiger partial charge in [0, 0.05) is 38.5 Å². The second kappa shape index (κ2) is 10.9. The van der Waals surface area contributed by atoms with Gasteiger partial charge in [0.1, 0.15) is 0 Å². The number of anilines is 1. The van der Waals surface area contributed by atoms with E-state index in [0.29, 0.717) is 0 Å². The van der Waals surface area contributed by atoms with Crippen molar-refractivity contribution >= 4 is 57.2 Å². The van der Waals surface area contributed by atoms with Crippen LogP contribution in [0.5, 0.6) is 0 Å². The van der Waals surface area contributed by atoms with Gasteiger partial charge in [-0.15, -0.1) is 35.3 Å². The molecular formula is C23H30IN5S. The summed E-state index contributed by atoms with van der Waals surface area (Å²) >= 11 is 1.76. The van der Waals surface area contributed by atoms with Gasteiger partial charge in [0.15, 0.2) is 11.1 Å². The second-order valence-corrected chi connectivity index (χ2v) is 8.37. The van der Waals surface area contributed by atoms with Gasteiger partial charge in [-0.1, -0.05) is 36.4 Å². The maximum absolute atomic E-state index is 4.80. The Morgan fingerprint density at radius 1 is 1.17 bits per heavy atom. The quantitative estimate of drug-likeness (QED) is 0.266. The molecule has 0 bridgehead atoms. The Hall–Kier alpha value is -1.87. The number of fused-ring (bicyclic) bond motifs is 1. The summed E-state index contributed by atoms with van der Waals surface area (Å²) < 4.78 is 0. The summed E-state index contributed by atoms with van der Waals surface area (Å²) in [7, 11) is 1.82. The van der Waals surface area contributed by atoms with Crippen molar-refractivity contribution < 1.29 is 0 Å². The summed E-state index contributed by atoms with van der Waals surface area (Å²) in [6.07, 6.45) is 3.47. The average molecular weight is 535 g/mol. The predicted octanol–water partition coefficient (Wildman–Crippen LogP) is 4.98. The van der Waals surface area contributed by atoms with Crippen LogP contribution in [0.2, 0.25) is 0 Å². The summed E-state index contributed by atoms with van der Waals surface area (Å²) in [5.41, 5.74) is 2.41. The lowest BCUT2D eigenvalue weighted by Gasteiger charge is -2.18. The highest BCUT2D eigenvalue weighted by Gasteiger charge is 2.15. The zero-order valence-corrected chi connectivity index (χ0v) is 20.7. The normalized spacial score (nSPS) is 15.1. The molecule has 0 amide bonds. The molecule has 1 fully saturated rings. The maximum atomic E-state index is 4.80. The van der Waals surface area contributed by atoms with Crippen LogP contribution in [-0.4, -0.2) is 37.6 Å². The van der Waals surface area contributed by atoms with Crippen molar-refractivity contribution in [3.63, 3.8) is 0 Å². The first-order valence-electron chi connectivity index (χ1n) is 10.4. The lowest BCUT2D eigenvalue weighted by Crippen LogP contribution is -2.39. The predicted molar refractivity (Wildman–Crippen MR) is 140 cm³/mol. The van der Waals surface area contributed by atoms with Crippen LogP contribution in [-0.2, 0) is 6.42 Å². The Kier molecular flexibility index (Phi) is 8.32. The Labute approximate surface area is 200 Å². The molecule has 30 heavy (non-hydrogen) atoms. The van der Waals surface area contributed by atoms with Crippen LogP contribution in [0.25, 0.3) is 10.8 Å². The minimum absolute atomic E-state index is 0. The Bertz CT molecular complexity index is 980. The maximum Gasteiger partial charge on any atom is 0.191 e. The number of aromatic nitrogens is 1. The minimum atomic E-state index is 0. The van der Waals surface area contributed by atoms with E-state index in [2.05, 4.69) is 75.3 Å². The number of benzene rings is 2. The number of halogens is 1. The molecule has 4 rings (SSSR count). The highest BCUT2D eigenvalue weighted by molar-refractivity contribution is 14.0. The van der Waals surface area contributed by atoms with Gasteiger partial charge in [-0.3, -0.25) is 4.99 Å². The molecule has 1 aliphatic heterocycles. The fourth-order valence-corrected chi connectivity index (χ4v) is 4.65. The van der Waals surface area contributed by atoms with E-state index < -0.39 is 0 Å². The lowest BCUT2D eigenvalue weighted by atomic mass is 10.0. The van der Waals surface area contributed by atoms with E-state index >= 15 is 0 Å². The number of nitrogens with zero attached hydrogens (tertiary/aromatic N) is 3. The third kappa shape index (κ3) is 5.63. The van der Waals surface area contributed by atoms with Crippen LogP contribution < -0.4 is 15.5 Å². The van der Waals surface area contributed by atoms with Gasteiger partial charge in [0.2, 0.25) is 0 Å². The molecule has 0 radical (unpaired) electrons. The van der Waals surface area contributed by atoms with Gasteiger partial charge >= 0.3 is 0 Å². The van der Waals surface area contributed by atoms with Crippen LogP contribution in [0.1, 0.15) is 37.1 Å². The first-order chi connectivity index (χ1) is 14.2. The highest BCUT2D eigenvalue weighted by Crippen LogP contribution is 2.24. The molecular weight excluding hydrogens is 505 g/mol. The molecule has 1 atom stereocenters. The first kappa shape index (κ1) is 22.8. The van der Waals surface area contributed by atoms with Crippen molar-refractivity contribution in [2.75, 3.05) is 31.6 Å². The second-order valence-electron chi connectivity index (χ2n) is 7.54. The lowest BCUT2D eigenvalue weighted by molar-refractivity contribution is 0.684. The van der Waals surface area contributed by atoms with Crippen LogP contribution >= 0.6 is 35.3 Å². The molecule has 3 aromatic rings. The van der Waals surface area contributed by atoms with Crippen LogP contribution in [0.3, 0.4) is 0 Å². The van der Waals surface area contributed by atoms with E-state index in [1.807, 2.05) is 7.05 Å². The standard InChI is InChI=1S/C23H29N5S.HI/c1-17(19-10-9-18-7-3-4-8-20(18)15-19)26-22(24-2)25-12-11-21-16-29-23(27-21)28-13-5-6-14-28;/h3-4,7-10,15-17H,5-6,11-14H2,1-2H3,(H2,24,25,26);1H. The van der Waals surface area contributed by atoms with E-state index in [1.165, 1.54) is 34.3 Å². The smallest absolute Gasteiger partial charge is 0.191 e. The van der Waals surface area contributed by atoms with Crippen molar-refractivity contribution in [2.24, 2.45) is 4.99 Å². The van der Waals surface area contributed by atoms with Gasteiger partial charge in [-0.05, 0) is 42.2 Å². The summed E-state index contributed by atoms with van der Waals surface area (Å²) in [4.78, 5) is 11.6. The monoisotopic (exact) mass is 535 g/mol. The third-order valence-electron chi connectivity index (χ3n) is 5.44. The third-order valence-corrected chi connectivity index (χ3v) is 6.39. The van der Waals surface area contributed by atoms with Crippen molar-refractivity contribution in [1.29, 1.82) is 0 Å². The minimum Gasteiger partial charge on any atom is -0.356 e. The van der Waals surface area contributed by atoms with Crippen molar-refractivity contribution in [3.8, 4) is 0 Å². The van der Waals surface area contributed by atoms with Gasteiger partial charge in [0.05, 0.1) is 11.7 Å². The number of hydrogen-bond acceptors (Lipinski definition) is 4. The summed E-state index contributed by atoms with van der Waals surface area (Å²) in [6, 6.07) is 15.2. The van der Waals surface area contributed by atoms with Gasteiger partial charge in [-0.25, -0.2) is 4.98 Å². The molecule has 2 heterocycles. The molecule has 2 aromatic carbocycles. The number of nitrogens with one attached hydrogen (secondary N) is 2. The van der Waals surface area contributed by atoms with E-state index in [9.17, 15) is 0 Å². The van der Waals surface area contributed by atoms with Crippen molar-refractivity contribution in [3.05, 3.63) is 59.1 Å². The van der Waals surface area contributed by atoms with Crippen LogP contribution in [0.15, 0.2) is 52.8 Å². The van der Waals surface area contributed by atoms with E-state index in [0.717, 1.165) is 37.7 Å². The van der Waals surface area contributed by atoms with Gasteiger partial charge in [-0.2, -0.15) is 0 Å². The highest BCUT2D eigenvalue weighted by atomic mass is 127. The molecule has 1 aliphatic rings. The Morgan fingerprint density at radius 3 is 2.70 bits per heavy atom. The average Bonchev–Trinajstić information content (AvgIpc) is 3.44. The Balaban J connectivity index is 0.00000256. The fraction of sp³-hybridized carbons (Fsp3) is 0.391. The molecule has 0 saturated carbocycles. The molecule has 1 unspecified atom stereocenters. The van der Waals surface area contributed by atoms with Crippen molar-refractivity contribution in [1.82, 2.24) is 15.6 Å². The Morgan fingerprint density at radius 2 is 1.93 bits per heavy atom. The van der Waals surface area contributed by atoms with Gasteiger partial charge < -0.3 is 15.5 Å². The zero-order chi connectivity index (χ0) is 20.1. The topological polar surface area (TPSA) is 52.6 Å². The zero-order valence-electron chi connectivity index (χ0n) is 17.6. The van der Waals surface area contributed by atoms with E-state index in [4.69, 9.17) is 4.98 Å². The van der Waals surface area contributed by atoms with E-state index in [-0.39, 0.29) is 30.0 Å². The number of guanidine groups is 1. The van der Waals surface area contributed by atoms with Crippen LogP contribution in [0.4, 0.5) is 5.13 Å². The number of thiazole rings is 1. The van der Waals surface area contributed by atoms with E-state index in [1.54, 1.807) is 11.3 Å². The SMILES string of the molecule is CN=C(NCCc1csc(N2CCCC2)n1)NC(C)c1ccc2ccccc2c1.I. The number of hydrogen-bond donors (Lipinski definition) is 2. The van der Waals surface area contributed by atoms with Crippen LogP contribution in [0, 0.1) is 0 Å². The molecule has 1 aromatic heterocycles. The summed E-state index contributed by atoms with van der Waals surface area (Å²) in [5, 5.41) is 12.8. The largest absolute Gasteiger partial charge is 0.356 e. The van der Waals surface area contributed by atoms with Crippen molar-refractivity contribution in [2.45, 2.75) is 32.2 Å². The van der Waals surface area contributed by atoms with Gasteiger partial charge in [0.25, 0.3) is 0 Å². The molecule has 1 saturated heterocycles. The number of rotatable bonds is 6. The molecule has 0 aliphatic carbocycles. The molecule has 0 spiro atoms. The number of aliphatic imine (C=N–C) groups is 1. The molecule has 2 N–H and O–H groups in total.